The molecule has 0 unspecified atom stereocenters. The summed E-state index contributed by atoms with van der Waals surface area (Å²) in [6.07, 6.45) is 1.91. The van der Waals surface area contributed by atoms with Crippen molar-refractivity contribution >= 4 is 23.5 Å². The van der Waals surface area contributed by atoms with Crippen LogP contribution in [0.5, 0.6) is 5.88 Å². The molecule has 2 heterocycles. The van der Waals surface area contributed by atoms with Crippen LogP contribution in [0.15, 0.2) is 34.3 Å². The van der Waals surface area contributed by atoms with E-state index in [2.05, 4.69) is 20.3 Å². The Morgan fingerprint density at radius 1 is 1.48 bits per heavy atom. The van der Waals surface area contributed by atoms with Crippen molar-refractivity contribution in [2.75, 3.05) is 11.1 Å². The normalized spacial score (nSPS) is 10.3. The van der Waals surface area contributed by atoms with E-state index in [1.54, 1.807) is 12.3 Å². The molecule has 0 aromatic carbocycles. The van der Waals surface area contributed by atoms with Crippen LogP contribution in [-0.2, 0) is 4.79 Å². The molecule has 1 amide bonds. The molecular formula is C13H14N4O3S. The fourth-order valence-electron chi connectivity index (χ4n) is 1.48. The maximum atomic E-state index is 11.7. The minimum Gasteiger partial charge on any atom is -0.493 e. The van der Waals surface area contributed by atoms with Crippen LogP contribution in [-0.4, -0.2) is 31.7 Å². The molecule has 0 aliphatic heterocycles. The Morgan fingerprint density at radius 3 is 2.95 bits per heavy atom. The van der Waals surface area contributed by atoms with Gasteiger partial charge in [0.05, 0.1) is 6.07 Å². The molecule has 110 valence electrons. The molecule has 0 saturated carbocycles. The summed E-state index contributed by atoms with van der Waals surface area (Å²) in [4.78, 5) is 33.1. The van der Waals surface area contributed by atoms with E-state index in [9.17, 15) is 14.7 Å². The van der Waals surface area contributed by atoms with Gasteiger partial charge in [-0.25, -0.2) is 4.98 Å². The summed E-state index contributed by atoms with van der Waals surface area (Å²) in [5, 5.41) is 12.1. The minimum atomic E-state index is -0.432. The topological polar surface area (TPSA) is 108 Å². The quantitative estimate of drug-likeness (QED) is 0.567. The third kappa shape index (κ3) is 4.92. The fourth-order valence-corrected chi connectivity index (χ4v) is 2.29. The smallest absolute Gasteiger partial charge is 0.255 e. The highest BCUT2D eigenvalue weighted by Crippen LogP contribution is 2.14. The van der Waals surface area contributed by atoms with Crippen LogP contribution in [0.2, 0.25) is 0 Å². The summed E-state index contributed by atoms with van der Waals surface area (Å²) in [5.74, 6) is 0.403. The largest absolute Gasteiger partial charge is 0.493 e. The summed E-state index contributed by atoms with van der Waals surface area (Å²) in [7, 11) is 0. The van der Waals surface area contributed by atoms with Crippen LogP contribution in [0.1, 0.15) is 12.0 Å². The first kappa shape index (κ1) is 15.0. The number of carbonyl (C=O) groups excluding carboxylic acids is 1. The second-order valence-electron chi connectivity index (χ2n) is 4.28. The number of rotatable bonds is 5. The SMILES string of the molecule is Cc1ccc(NC(=O)CCSc2nc(O)cc(=O)[nH]2)nc1. The van der Waals surface area contributed by atoms with Crippen LogP contribution in [0.3, 0.4) is 0 Å². The van der Waals surface area contributed by atoms with Crippen molar-refractivity contribution in [3.8, 4) is 5.88 Å². The molecule has 0 spiro atoms. The zero-order valence-electron chi connectivity index (χ0n) is 11.3. The molecule has 8 heteroatoms. The molecule has 0 radical (unpaired) electrons. The van der Waals surface area contributed by atoms with Crippen molar-refractivity contribution < 1.29 is 9.90 Å². The summed E-state index contributed by atoms with van der Waals surface area (Å²) in [6, 6.07) is 4.58. The van der Waals surface area contributed by atoms with Gasteiger partial charge in [-0.1, -0.05) is 17.8 Å². The number of nitrogens with zero attached hydrogens (tertiary/aromatic N) is 2. The van der Waals surface area contributed by atoms with Gasteiger partial charge in [0.1, 0.15) is 5.82 Å². The van der Waals surface area contributed by atoms with Gasteiger partial charge in [-0.05, 0) is 18.6 Å². The lowest BCUT2D eigenvalue weighted by molar-refractivity contribution is -0.115. The van der Waals surface area contributed by atoms with E-state index in [0.29, 0.717) is 11.6 Å². The number of anilines is 1. The second-order valence-corrected chi connectivity index (χ2v) is 5.36. The highest BCUT2D eigenvalue weighted by molar-refractivity contribution is 7.99. The number of carbonyl (C=O) groups is 1. The highest BCUT2D eigenvalue weighted by Gasteiger charge is 2.05. The van der Waals surface area contributed by atoms with Crippen molar-refractivity contribution in [2.45, 2.75) is 18.5 Å². The van der Waals surface area contributed by atoms with Crippen LogP contribution in [0.25, 0.3) is 0 Å². The number of aromatic nitrogens is 3. The van der Waals surface area contributed by atoms with Crippen LogP contribution >= 0.6 is 11.8 Å². The molecule has 0 aliphatic rings. The Kier molecular flexibility index (Phi) is 4.94. The number of aryl methyl sites for hydroxylation is 1. The molecule has 0 atom stereocenters. The lowest BCUT2D eigenvalue weighted by Gasteiger charge is -2.04. The monoisotopic (exact) mass is 306 g/mol. The van der Waals surface area contributed by atoms with Crippen molar-refractivity contribution in [3.63, 3.8) is 0 Å². The van der Waals surface area contributed by atoms with Gasteiger partial charge < -0.3 is 15.4 Å². The second kappa shape index (κ2) is 6.89. The maximum Gasteiger partial charge on any atom is 0.255 e. The Bertz CT molecular complexity index is 685. The van der Waals surface area contributed by atoms with E-state index in [4.69, 9.17) is 0 Å². The van der Waals surface area contributed by atoms with Crippen molar-refractivity contribution in [2.24, 2.45) is 0 Å². The number of hydrogen-bond acceptors (Lipinski definition) is 6. The number of thioether (sulfide) groups is 1. The first-order chi connectivity index (χ1) is 10.0. The first-order valence-corrected chi connectivity index (χ1v) is 7.17. The van der Waals surface area contributed by atoms with E-state index in [1.807, 2.05) is 13.0 Å². The van der Waals surface area contributed by atoms with E-state index < -0.39 is 5.56 Å². The third-order valence-electron chi connectivity index (χ3n) is 2.45. The predicted octanol–water partition coefficient (Wildman–Crippen LogP) is 1.30. The fraction of sp³-hybridized carbons (Fsp3) is 0.231. The number of hydrogen-bond donors (Lipinski definition) is 3. The minimum absolute atomic E-state index is 0.179. The molecule has 2 aromatic rings. The zero-order valence-corrected chi connectivity index (χ0v) is 12.1. The molecule has 2 aromatic heterocycles. The molecule has 0 saturated heterocycles. The Hall–Kier alpha value is -2.35. The van der Waals surface area contributed by atoms with Crippen LogP contribution in [0, 0.1) is 6.92 Å². The summed E-state index contributed by atoms with van der Waals surface area (Å²) >= 11 is 1.18. The molecule has 3 N–H and O–H groups in total. The molecule has 21 heavy (non-hydrogen) atoms. The molecule has 7 nitrogen and oxygen atoms in total. The molecule has 2 rings (SSSR count). The van der Waals surface area contributed by atoms with Crippen molar-refractivity contribution in [3.05, 3.63) is 40.3 Å². The van der Waals surface area contributed by atoms with Crippen LogP contribution in [0.4, 0.5) is 5.82 Å². The van der Waals surface area contributed by atoms with E-state index in [-0.39, 0.29) is 23.4 Å². The number of amides is 1. The average molecular weight is 306 g/mol. The molecule has 0 fully saturated rings. The van der Waals surface area contributed by atoms with E-state index in [1.165, 1.54) is 11.8 Å². The average Bonchev–Trinajstić information content (AvgIpc) is 2.40. The van der Waals surface area contributed by atoms with Crippen molar-refractivity contribution in [1.29, 1.82) is 0 Å². The van der Waals surface area contributed by atoms with Gasteiger partial charge in [-0.15, -0.1) is 0 Å². The number of aromatic amines is 1. The third-order valence-corrected chi connectivity index (χ3v) is 3.33. The van der Waals surface area contributed by atoms with E-state index in [0.717, 1.165) is 11.6 Å². The van der Waals surface area contributed by atoms with Gasteiger partial charge in [0, 0.05) is 18.4 Å². The Morgan fingerprint density at radius 2 is 2.29 bits per heavy atom. The van der Waals surface area contributed by atoms with Gasteiger partial charge in [0.2, 0.25) is 11.8 Å². The maximum absolute atomic E-state index is 11.7. The van der Waals surface area contributed by atoms with Gasteiger partial charge in [0.15, 0.2) is 5.16 Å². The van der Waals surface area contributed by atoms with Crippen molar-refractivity contribution in [1.82, 2.24) is 15.0 Å². The van der Waals surface area contributed by atoms with Gasteiger partial charge in [-0.3, -0.25) is 9.59 Å². The number of pyridine rings is 1. The Labute approximate surface area is 124 Å². The summed E-state index contributed by atoms with van der Waals surface area (Å²) < 4.78 is 0. The van der Waals surface area contributed by atoms with Gasteiger partial charge >= 0.3 is 0 Å². The van der Waals surface area contributed by atoms with Crippen LogP contribution < -0.4 is 10.9 Å². The zero-order chi connectivity index (χ0) is 15.2. The number of H-pyrrole nitrogens is 1. The molecule has 0 aliphatic carbocycles. The lowest BCUT2D eigenvalue weighted by Crippen LogP contribution is -2.13. The van der Waals surface area contributed by atoms with E-state index >= 15 is 0 Å². The predicted molar refractivity (Wildman–Crippen MR) is 79.5 cm³/mol. The first-order valence-electron chi connectivity index (χ1n) is 6.18. The standard InChI is InChI=1S/C13H14N4O3S/c1-8-2-3-9(14-7-8)15-10(18)4-5-21-13-16-11(19)6-12(20)17-13/h2-3,6-7H,4-5H2,1H3,(H,14,15,18)(H2,16,17,19,20). The lowest BCUT2D eigenvalue weighted by atomic mass is 10.3. The summed E-state index contributed by atoms with van der Waals surface area (Å²) in [6.45, 7) is 1.91. The number of aromatic hydroxyl groups is 1. The molecule has 0 bridgehead atoms. The molecular weight excluding hydrogens is 292 g/mol. The van der Waals surface area contributed by atoms with Gasteiger partial charge in [-0.2, -0.15) is 4.98 Å². The summed E-state index contributed by atoms with van der Waals surface area (Å²) in [5.41, 5.74) is 0.584. The van der Waals surface area contributed by atoms with Gasteiger partial charge in [0.25, 0.3) is 5.56 Å². The highest BCUT2D eigenvalue weighted by atomic mass is 32.2. The Balaban J connectivity index is 1.81. The number of nitrogens with one attached hydrogen (secondary N) is 2.